The Morgan fingerprint density at radius 1 is 1.47 bits per heavy atom. The fourth-order valence-electron chi connectivity index (χ4n) is 1.19. The van der Waals surface area contributed by atoms with Crippen molar-refractivity contribution in [1.82, 2.24) is 5.32 Å². The first-order valence-electron chi connectivity index (χ1n) is 5.59. The maximum Gasteiger partial charge on any atom is 0.0813 e. The number of thiophene rings is 1. The van der Waals surface area contributed by atoms with Crippen LogP contribution in [-0.2, 0) is 11.3 Å². The Hall–Kier alpha value is -0.380. The van der Waals surface area contributed by atoms with Crippen LogP contribution >= 0.6 is 11.3 Å². The number of nitrogens with one attached hydrogen (secondary N) is 1. The van der Waals surface area contributed by atoms with Crippen molar-refractivity contribution >= 4 is 11.3 Å². The van der Waals surface area contributed by atoms with Crippen LogP contribution in [0.3, 0.4) is 0 Å². The molecule has 1 rings (SSSR count). The van der Waals surface area contributed by atoms with Gasteiger partial charge in [-0.05, 0) is 31.7 Å². The van der Waals surface area contributed by atoms with E-state index < -0.39 is 0 Å². The quantitative estimate of drug-likeness (QED) is 0.773. The third-order valence-corrected chi connectivity index (χ3v) is 3.31. The second-order valence-corrected chi connectivity index (χ2v) is 4.95. The van der Waals surface area contributed by atoms with Crippen LogP contribution in [0, 0.1) is 0 Å². The minimum Gasteiger partial charge on any atom is -0.372 e. The highest BCUT2D eigenvalue weighted by Crippen LogP contribution is 2.10. The Balaban J connectivity index is 2.11. The van der Waals surface area contributed by atoms with Crippen LogP contribution in [0.5, 0.6) is 0 Å². The van der Waals surface area contributed by atoms with Crippen molar-refractivity contribution in [3.63, 3.8) is 0 Å². The van der Waals surface area contributed by atoms with E-state index in [1.807, 2.05) is 0 Å². The lowest BCUT2D eigenvalue weighted by molar-refractivity contribution is 0.0532. The van der Waals surface area contributed by atoms with Gasteiger partial charge in [-0.1, -0.05) is 13.0 Å². The predicted octanol–water partition coefficient (Wildman–Crippen LogP) is 3.04. The van der Waals surface area contributed by atoms with Gasteiger partial charge in [0.1, 0.15) is 0 Å². The van der Waals surface area contributed by atoms with Gasteiger partial charge in [-0.25, -0.2) is 0 Å². The standard InChI is InChI=1S/C12H21NOS/c1-4-10(2)13-8-11(3)14-9-12-6-5-7-15-12/h5-7,10-11,13H,4,8-9H2,1-3H3. The average molecular weight is 227 g/mol. The molecule has 0 aromatic carbocycles. The van der Waals surface area contributed by atoms with Crippen molar-refractivity contribution in [2.24, 2.45) is 0 Å². The molecule has 1 N–H and O–H groups in total. The number of rotatable bonds is 7. The van der Waals surface area contributed by atoms with Crippen molar-refractivity contribution in [3.05, 3.63) is 22.4 Å². The summed E-state index contributed by atoms with van der Waals surface area (Å²) in [5.74, 6) is 0. The lowest BCUT2D eigenvalue weighted by Crippen LogP contribution is -2.33. The summed E-state index contributed by atoms with van der Waals surface area (Å²) in [5.41, 5.74) is 0. The van der Waals surface area contributed by atoms with Gasteiger partial charge in [0.25, 0.3) is 0 Å². The van der Waals surface area contributed by atoms with E-state index in [2.05, 4.69) is 43.6 Å². The summed E-state index contributed by atoms with van der Waals surface area (Å²) in [6.07, 6.45) is 1.44. The summed E-state index contributed by atoms with van der Waals surface area (Å²) in [4.78, 5) is 1.30. The Morgan fingerprint density at radius 3 is 2.87 bits per heavy atom. The Kier molecular flexibility index (Phi) is 5.91. The molecule has 0 amide bonds. The zero-order valence-corrected chi connectivity index (χ0v) is 10.6. The molecule has 2 unspecified atom stereocenters. The summed E-state index contributed by atoms with van der Waals surface area (Å²) >= 11 is 1.75. The van der Waals surface area contributed by atoms with Gasteiger partial charge >= 0.3 is 0 Å². The van der Waals surface area contributed by atoms with E-state index >= 15 is 0 Å². The maximum absolute atomic E-state index is 5.73. The van der Waals surface area contributed by atoms with Gasteiger partial charge < -0.3 is 10.1 Å². The Bertz CT molecular complexity index is 248. The fourth-order valence-corrected chi connectivity index (χ4v) is 1.81. The minimum atomic E-state index is 0.279. The van der Waals surface area contributed by atoms with Crippen molar-refractivity contribution in [1.29, 1.82) is 0 Å². The van der Waals surface area contributed by atoms with Gasteiger partial charge in [0, 0.05) is 17.5 Å². The molecule has 0 aliphatic carbocycles. The molecule has 0 aliphatic heterocycles. The van der Waals surface area contributed by atoms with Gasteiger partial charge in [-0.3, -0.25) is 0 Å². The monoisotopic (exact) mass is 227 g/mol. The van der Waals surface area contributed by atoms with Crippen LogP contribution in [0.4, 0.5) is 0 Å². The molecular formula is C12H21NOS. The van der Waals surface area contributed by atoms with E-state index in [1.165, 1.54) is 4.88 Å². The van der Waals surface area contributed by atoms with E-state index in [-0.39, 0.29) is 6.10 Å². The first-order valence-corrected chi connectivity index (χ1v) is 6.47. The van der Waals surface area contributed by atoms with Gasteiger partial charge in [-0.2, -0.15) is 0 Å². The van der Waals surface area contributed by atoms with Crippen molar-refractivity contribution < 1.29 is 4.74 Å². The first-order chi connectivity index (χ1) is 7.22. The SMILES string of the molecule is CCC(C)NCC(C)OCc1cccs1. The molecule has 0 aliphatic rings. The minimum absolute atomic E-state index is 0.279. The number of hydrogen-bond donors (Lipinski definition) is 1. The van der Waals surface area contributed by atoms with Crippen LogP contribution < -0.4 is 5.32 Å². The molecule has 15 heavy (non-hydrogen) atoms. The number of ether oxygens (including phenoxy) is 1. The summed E-state index contributed by atoms with van der Waals surface area (Å²) in [6.45, 7) is 8.17. The lowest BCUT2D eigenvalue weighted by Gasteiger charge is -2.16. The number of hydrogen-bond acceptors (Lipinski definition) is 3. The summed E-state index contributed by atoms with van der Waals surface area (Å²) in [5, 5.41) is 5.52. The van der Waals surface area contributed by atoms with Crippen LogP contribution in [-0.4, -0.2) is 18.7 Å². The zero-order chi connectivity index (χ0) is 11.1. The maximum atomic E-state index is 5.73. The van der Waals surface area contributed by atoms with Crippen LogP contribution in [0.25, 0.3) is 0 Å². The molecule has 0 radical (unpaired) electrons. The highest BCUT2D eigenvalue weighted by atomic mass is 32.1. The molecule has 0 fully saturated rings. The second kappa shape index (κ2) is 6.99. The summed E-state index contributed by atoms with van der Waals surface area (Å²) in [7, 11) is 0. The van der Waals surface area contributed by atoms with Crippen LogP contribution in [0.2, 0.25) is 0 Å². The summed E-state index contributed by atoms with van der Waals surface area (Å²) in [6, 6.07) is 4.75. The molecule has 0 saturated heterocycles. The zero-order valence-electron chi connectivity index (χ0n) is 9.82. The van der Waals surface area contributed by atoms with Gasteiger partial charge in [-0.15, -0.1) is 11.3 Å². The molecular weight excluding hydrogens is 206 g/mol. The molecule has 2 atom stereocenters. The highest BCUT2D eigenvalue weighted by molar-refractivity contribution is 7.09. The third-order valence-electron chi connectivity index (χ3n) is 2.46. The molecule has 1 heterocycles. The molecule has 1 aromatic rings. The van der Waals surface area contributed by atoms with Gasteiger partial charge in [0.2, 0.25) is 0 Å². The molecule has 0 bridgehead atoms. The molecule has 1 aromatic heterocycles. The Morgan fingerprint density at radius 2 is 2.27 bits per heavy atom. The molecule has 2 nitrogen and oxygen atoms in total. The van der Waals surface area contributed by atoms with E-state index in [9.17, 15) is 0 Å². The van der Waals surface area contributed by atoms with Crippen molar-refractivity contribution in [2.45, 2.75) is 45.9 Å². The molecule has 3 heteroatoms. The van der Waals surface area contributed by atoms with E-state index in [4.69, 9.17) is 4.74 Å². The lowest BCUT2D eigenvalue weighted by atomic mass is 10.2. The van der Waals surface area contributed by atoms with Gasteiger partial charge in [0.15, 0.2) is 0 Å². The molecule has 0 saturated carbocycles. The third kappa shape index (κ3) is 5.30. The normalized spacial score (nSPS) is 15.1. The average Bonchev–Trinajstić information content (AvgIpc) is 2.75. The topological polar surface area (TPSA) is 21.3 Å². The first kappa shape index (κ1) is 12.7. The largest absolute Gasteiger partial charge is 0.372 e. The fraction of sp³-hybridized carbons (Fsp3) is 0.667. The predicted molar refractivity (Wildman–Crippen MR) is 66.3 cm³/mol. The highest BCUT2D eigenvalue weighted by Gasteiger charge is 2.04. The van der Waals surface area contributed by atoms with E-state index in [0.29, 0.717) is 6.04 Å². The van der Waals surface area contributed by atoms with Crippen molar-refractivity contribution in [3.8, 4) is 0 Å². The Labute approximate surface area is 96.7 Å². The summed E-state index contributed by atoms with van der Waals surface area (Å²) < 4.78 is 5.73. The van der Waals surface area contributed by atoms with E-state index in [1.54, 1.807) is 11.3 Å². The van der Waals surface area contributed by atoms with Crippen LogP contribution in [0.1, 0.15) is 32.1 Å². The molecule has 86 valence electrons. The van der Waals surface area contributed by atoms with Gasteiger partial charge in [0.05, 0.1) is 12.7 Å². The van der Waals surface area contributed by atoms with Crippen LogP contribution in [0.15, 0.2) is 17.5 Å². The second-order valence-electron chi connectivity index (χ2n) is 3.92. The van der Waals surface area contributed by atoms with E-state index in [0.717, 1.165) is 19.6 Å². The van der Waals surface area contributed by atoms with Crippen molar-refractivity contribution in [2.75, 3.05) is 6.54 Å². The molecule has 0 spiro atoms. The smallest absolute Gasteiger partial charge is 0.0813 e.